The molecule has 0 radical (unpaired) electrons. The van der Waals surface area contributed by atoms with Gasteiger partial charge in [-0.2, -0.15) is 0 Å². The zero-order chi connectivity index (χ0) is 15.1. The summed E-state index contributed by atoms with van der Waals surface area (Å²) in [5, 5.41) is 13.0. The summed E-state index contributed by atoms with van der Waals surface area (Å²) in [6, 6.07) is 3.79. The Labute approximate surface area is 120 Å². The van der Waals surface area contributed by atoms with Gasteiger partial charge in [0.2, 0.25) is 5.75 Å². The minimum absolute atomic E-state index is 0.0177. The second kappa shape index (κ2) is 7.97. The quantitative estimate of drug-likeness (QED) is 0.765. The largest absolute Gasteiger partial charge is 0.493 e. The number of benzene rings is 1. The molecule has 0 aliphatic carbocycles. The van der Waals surface area contributed by atoms with Crippen LogP contribution in [0.1, 0.15) is 31.9 Å². The molecule has 20 heavy (non-hydrogen) atoms. The summed E-state index contributed by atoms with van der Waals surface area (Å²) in [7, 11) is 4.73. The third-order valence-electron chi connectivity index (χ3n) is 3.39. The van der Waals surface area contributed by atoms with E-state index in [0.717, 1.165) is 12.0 Å². The molecular weight excluding hydrogens is 258 g/mol. The first-order valence-electron chi connectivity index (χ1n) is 6.78. The van der Waals surface area contributed by atoms with Gasteiger partial charge in [-0.3, -0.25) is 0 Å². The lowest BCUT2D eigenvalue weighted by atomic mass is 10.0. The van der Waals surface area contributed by atoms with Gasteiger partial charge in [0.15, 0.2) is 11.5 Å². The van der Waals surface area contributed by atoms with Crippen LogP contribution in [0, 0.1) is 0 Å². The lowest BCUT2D eigenvalue weighted by Gasteiger charge is -2.24. The summed E-state index contributed by atoms with van der Waals surface area (Å²) in [5.74, 6) is 1.73. The van der Waals surface area contributed by atoms with E-state index in [1.165, 1.54) is 0 Å². The van der Waals surface area contributed by atoms with Crippen molar-refractivity contribution < 1.29 is 19.3 Å². The number of hydrogen-bond acceptors (Lipinski definition) is 5. The van der Waals surface area contributed by atoms with E-state index in [4.69, 9.17) is 14.2 Å². The Balaban J connectivity index is 3.21. The normalized spacial score (nSPS) is 13.7. The van der Waals surface area contributed by atoms with E-state index in [2.05, 4.69) is 19.2 Å². The van der Waals surface area contributed by atoms with Crippen LogP contribution in [0.5, 0.6) is 17.2 Å². The van der Waals surface area contributed by atoms with Crippen molar-refractivity contribution in [1.82, 2.24) is 5.32 Å². The average Bonchev–Trinajstić information content (AvgIpc) is 2.50. The predicted octanol–water partition coefficient (Wildman–Crippen LogP) is 2.13. The molecule has 2 unspecified atom stereocenters. The number of aliphatic hydroxyl groups excluding tert-OH is 1. The van der Waals surface area contributed by atoms with Crippen molar-refractivity contribution in [3.63, 3.8) is 0 Å². The maximum absolute atomic E-state index is 9.64. The van der Waals surface area contributed by atoms with Crippen LogP contribution in [0.4, 0.5) is 0 Å². The Morgan fingerprint density at radius 3 is 2.20 bits per heavy atom. The van der Waals surface area contributed by atoms with Crippen molar-refractivity contribution in [2.75, 3.05) is 27.9 Å². The van der Waals surface area contributed by atoms with Crippen LogP contribution in [-0.2, 0) is 0 Å². The summed E-state index contributed by atoms with van der Waals surface area (Å²) in [6.07, 6.45) is 0.978. The number of rotatable bonds is 8. The fourth-order valence-electron chi connectivity index (χ4n) is 2.10. The fraction of sp³-hybridized carbons (Fsp3) is 0.600. The van der Waals surface area contributed by atoms with Gasteiger partial charge >= 0.3 is 0 Å². The van der Waals surface area contributed by atoms with Crippen LogP contribution in [-0.4, -0.2) is 39.1 Å². The highest BCUT2D eigenvalue weighted by atomic mass is 16.5. The SMILES string of the molecule is CCC(C)NC(CO)c1ccc(OC)c(OC)c1OC. The maximum Gasteiger partial charge on any atom is 0.203 e. The van der Waals surface area contributed by atoms with E-state index in [1.54, 1.807) is 21.3 Å². The van der Waals surface area contributed by atoms with Crippen LogP contribution >= 0.6 is 0 Å². The van der Waals surface area contributed by atoms with Crippen molar-refractivity contribution in [1.29, 1.82) is 0 Å². The summed E-state index contributed by atoms with van der Waals surface area (Å²) >= 11 is 0. The molecule has 1 aromatic carbocycles. The van der Waals surface area contributed by atoms with Gasteiger partial charge in [0.1, 0.15) is 0 Å². The Bertz CT molecular complexity index is 423. The van der Waals surface area contributed by atoms with Gasteiger partial charge in [-0.1, -0.05) is 6.92 Å². The van der Waals surface area contributed by atoms with Crippen LogP contribution in [0.2, 0.25) is 0 Å². The molecule has 2 atom stereocenters. The zero-order valence-electron chi connectivity index (χ0n) is 12.9. The molecule has 2 N–H and O–H groups in total. The molecule has 114 valence electrons. The first-order chi connectivity index (χ1) is 9.62. The highest BCUT2D eigenvalue weighted by Gasteiger charge is 2.22. The molecule has 0 aromatic heterocycles. The molecule has 0 aliphatic rings. The van der Waals surface area contributed by atoms with Crippen molar-refractivity contribution in [2.45, 2.75) is 32.4 Å². The molecule has 0 bridgehead atoms. The van der Waals surface area contributed by atoms with Crippen molar-refractivity contribution >= 4 is 0 Å². The average molecular weight is 283 g/mol. The monoisotopic (exact) mass is 283 g/mol. The van der Waals surface area contributed by atoms with E-state index < -0.39 is 0 Å². The summed E-state index contributed by atoms with van der Waals surface area (Å²) in [5.41, 5.74) is 0.855. The Hall–Kier alpha value is -1.46. The minimum Gasteiger partial charge on any atom is -0.493 e. The smallest absolute Gasteiger partial charge is 0.203 e. The van der Waals surface area contributed by atoms with E-state index in [1.807, 2.05) is 12.1 Å². The number of methoxy groups -OCH3 is 3. The molecule has 0 heterocycles. The Morgan fingerprint density at radius 2 is 1.75 bits per heavy atom. The molecule has 0 spiro atoms. The highest BCUT2D eigenvalue weighted by molar-refractivity contribution is 5.56. The first-order valence-corrected chi connectivity index (χ1v) is 6.78. The van der Waals surface area contributed by atoms with Gasteiger partial charge in [-0.15, -0.1) is 0 Å². The van der Waals surface area contributed by atoms with Gasteiger partial charge < -0.3 is 24.6 Å². The van der Waals surface area contributed by atoms with E-state index in [0.29, 0.717) is 23.3 Å². The Morgan fingerprint density at radius 1 is 1.10 bits per heavy atom. The van der Waals surface area contributed by atoms with Gasteiger partial charge in [-0.05, 0) is 25.5 Å². The lowest BCUT2D eigenvalue weighted by molar-refractivity contribution is 0.229. The molecule has 5 nitrogen and oxygen atoms in total. The van der Waals surface area contributed by atoms with E-state index in [-0.39, 0.29) is 12.6 Å². The van der Waals surface area contributed by atoms with Crippen molar-refractivity contribution in [2.24, 2.45) is 0 Å². The zero-order valence-corrected chi connectivity index (χ0v) is 12.9. The van der Waals surface area contributed by atoms with Gasteiger partial charge in [0, 0.05) is 11.6 Å². The van der Waals surface area contributed by atoms with Gasteiger partial charge in [-0.25, -0.2) is 0 Å². The summed E-state index contributed by atoms with van der Waals surface area (Å²) in [6.45, 7) is 4.16. The third kappa shape index (κ3) is 3.55. The topological polar surface area (TPSA) is 60.0 Å². The molecular formula is C15H25NO4. The van der Waals surface area contributed by atoms with Crippen molar-refractivity contribution in [3.8, 4) is 17.2 Å². The van der Waals surface area contributed by atoms with E-state index >= 15 is 0 Å². The molecule has 0 saturated carbocycles. The standard InChI is InChI=1S/C15H25NO4/c1-6-10(2)16-12(9-17)11-7-8-13(18-3)15(20-5)14(11)19-4/h7-8,10,12,16-17H,6,9H2,1-5H3. The molecule has 1 aromatic rings. The number of ether oxygens (including phenoxy) is 3. The van der Waals surface area contributed by atoms with Crippen molar-refractivity contribution in [3.05, 3.63) is 17.7 Å². The number of hydrogen-bond donors (Lipinski definition) is 2. The minimum atomic E-state index is -0.209. The number of aliphatic hydroxyl groups is 1. The second-order valence-corrected chi connectivity index (χ2v) is 4.63. The van der Waals surface area contributed by atoms with Crippen LogP contribution < -0.4 is 19.5 Å². The van der Waals surface area contributed by atoms with Gasteiger partial charge in [0.25, 0.3) is 0 Å². The molecule has 0 saturated heterocycles. The molecule has 5 heteroatoms. The van der Waals surface area contributed by atoms with E-state index in [9.17, 15) is 5.11 Å². The molecule has 1 rings (SSSR count). The van der Waals surface area contributed by atoms with Crippen LogP contribution in [0.25, 0.3) is 0 Å². The summed E-state index contributed by atoms with van der Waals surface area (Å²) in [4.78, 5) is 0. The molecule has 0 fully saturated rings. The number of nitrogens with one attached hydrogen (secondary N) is 1. The molecule has 0 aliphatic heterocycles. The first kappa shape index (κ1) is 16.6. The lowest BCUT2D eigenvalue weighted by Crippen LogP contribution is -2.32. The summed E-state index contributed by atoms with van der Waals surface area (Å²) < 4.78 is 16.1. The third-order valence-corrected chi connectivity index (χ3v) is 3.39. The van der Waals surface area contributed by atoms with Crippen LogP contribution in [0.15, 0.2) is 12.1 Å². The maximum atomic E-state index is 9.64. The highest BCUT2D eigenvalue weighted by Crippen LogP contribution is 2.42. The molecule has 0 amide bonds. The Kier molecular flexibility index (Phi) is 6.61. The predicted molar refractivity (Wildman–Crippen MR) is 78.8 cm³/mol. The second-order valence-electron chi connectivity index (χ2n) is 4.63. The fourth-order valence-corrected chi connectivity index (χ4v) is 2.10. The van der Waals surface area contributed by atoms with Crippen LogP contribution in [0.3, 0.4) is 0 Å². The van der Waals surface area contributed by atoms with Gasteiger partial charge in [0.05, 0.1) is 34.0 Å².